The topological polar surface area (TPSA) is 39.2 Å². The SMILES string of the molecule is Cc1nc(Oc2ccc(F)cc2)sc1C=O. The van der Waals surface area contributed by atoms with E-state index in [0.29, 0.717) is 21.5 Å². The van der Waals surface area contributed by atoms with Crippen LogP contribution in [0.5, 0.6) is 10.9 Å². The molecule has 16 heavy (non-hydrogen) atoms. The smallest absolute Gasteiger partial charge is 0.279 e. The number of rotatable bonds is 3. The number of halogens is 1. The van der Waals surface area contributed by atoms with Crippen LogP contribution in [-0.4, -0.2) is 11.3 Å². The van der Waals surface area contributed by atoms with E-state index in [2.05, 4.69) is 4.98 Å². The van der Waals surface area contributed by atoms with Crippen LogP contribution in [0.4, 0.5) is 4.39 Å². The summed E-state index contributed by atoms with van der Waals surface area (Å²) in [4.78, 5) is 15.2. The van der Waals surface area contributed by atoms with Crippen LogP contribution in [0.3, 0.4) is 0 Å². The molecule has 0 aliphatic heterocycles. The van der Waals surface area contributed by atoms with Gasteiger partial charge in [-0.3, -0.25) is 4.79 Å². The molecule has 2 aromatic rings. The third-order valence-corrected chi connectivity index (χ3v) is 2.90. The summed E-state index contributed by atoms with van der Waals surface area (Å²) < 4.78 is 18.0. The molecular formula is C11H8FNO2S. The molecular weight excluding hydrogens is 229 g/mol. The fourth-order valence-electron chi connectivity index (χ4n) is 1.14. The summed E-state index contributed by atoms with van der Waals surface area (Å²) in [5.74, 6) is 0.170. The maximum absolute atomic E-state index is 12.6. The number of aryl methyl sites for hydroxylation is 1. The second-order valence-electron chi connectivity index (χ2n) is 3.10. The molecule has 2 rings (SSSR count). The van der Waals surface area contributed by atoms with Crippen molar-refractivity contribution in [1.29, 1.82) is 0 Å². The monoisotopic (exact) mass is 237 g/mol. The molecule has 5 heteroatoms. The standard InChI is InChI=1S/C11H8FNO2S/c1-7-10(6-14)16-11(13-7)15-9-4-2-8(12)3-5-9/h2-6H,1H3. The summed E-state index contributed by atoms with van der Waals surface area (Å²) in [6, 6.07) is 5.62. The molecule has 0 unspecified atom stereocenters. The van der Waals surface area contributed by atoms with Crippen molar-refractivity contribution in [2.45, 2.75) is 6.92 Å². The molecule has 0 atom stereocenters. The fraction of sp³-hybridized carbons (Fsp3) is 0.0909. The summed E-state index contributed by atoms with van der Waals surface area (Å²) in [6.45, 7) is 1.73. The summed E-state index contributed by atoms with van der Waals surface area (Å²) in [6.07, 6.45) is 0.741. The van der Waals surface area contributed by atoms with E-state index in [1.165, 1.54) is 24.3 Å². The van der Waals surface area contributed by atoms with E-state index in [0.717, 1.165) is 17.6 Å². The Hall–Kier alpha value is -1.75. The van der Waals surface area contributed by atoms with E-state index < -0.39 is 0 Å². The first kappa shape index (κ1) is 10.8. The number of carbonyl (C=O) groups excluding carboxylic acids is 1. The number of ether oxygens (including phenoxy) is 1. The highest BCUT2D eigenvalue weighted by atomic mass is 32.1. The molecule has 0 amide bonds. The van der Waals surface area contributed by atoms with Gasteiger partial charge in [0.25, 0.3) is 5.19 Å². The zero-order valence-electron chi connectivity index (χ0n) is 8.44. The Morgan fingerprint density at radius 3 is 2.62 bits per heavy atom. The van der Waals surface area contributed by atoms with Crippen molar-refractivity contribution in [3.05, 3.63) is 40.7 Å². The van der Waals surface area contributed by atoms with Crippen LogP contribution in [-0.2, 0) is 0 Å². The van der Waals surface area contributed by atoms with Crippen LogP contribution < -0.4 is 4.74 Å². The van der Waals surface area contributed by atoms with E-state index in [-0.39, 0.29) is 5.82 Å². The first-order chi connectivity index (χ1) is 7.69. The van der Waals surface area contributed by atoms with Crippen LogP contribution in [0.25, 0.3) is 0 Å². The van der Waals surface area contributed by atoms with E-state index in [4.69, 9.17) is 4.74 Å². The van der Waals surface area contributed by atoms with Gasteiger partial charge in [-0.15, -0.1) is 0 Å². The predicted octanol–water partition coefficient (Wildman–Crippen LogP) is 3.20. The lowest BCUT2D eigenvalue weighted by Gasteiger charge is -1.99. The zero-order valence-corrected chi connectivity index (χ0v) is 9.25. The Morgan fingerprint density at radius 2 is 2.06 bits per heavy atom. The minimum Gasteiger partial charge on any atom is -0.431 e. The number of aldehydes is 1. The molecule has 1 aromatic carbocycles. The molecule has 0 N–H and O–H groups in total. The molecule has 1 aromatic heterocycles. The van der Waals surface area contributed by atoms with Gasteiger partial charge < -0.3 is 4.74 Å². The summed E-state index contributed by atoms with van der Waals surface area (Å²) in [5, 5.41) is 0.381. The summed E-state index contributed by atoms with van der Waals surface area (Å²) in [7, 11) is 0. The molecule has 0 saturated carbocycles. The number of hydrogen-bond acceptors (Lipinski definition) is 4. The summed E-state index contributed by atoms with van der Waals surface area (Å²) in [5.41, 5.74) is 0.636. The van der Waals surface area contributed by atoms with Crippen molar-refractivity contribution in [3.8, 4) is 10.9 Å². The fourth-order valence-corrected chi connectivity index (χ4v) is 1.89. The number of nitrogens with zero attached hydrogens (tertiary/aromatic N) is 1. The Morgan fingerprint density at radius 1 is 1.38 bits per heavy atom. The van der Waals surface area contributed by atoms with E-state index >= 15 is 0 Å². The lowest BCUT2D eigenvalue weighted by Crippen LogP contribution is -1.83. The highest BCUT2D eigenvalue weighted by Crippen LogP contribution is 2.27. The van der Waals surface area contributed by atoms with Gasteiger partial charge in [0.05, 0.1) is 10.6 Å². The van der Waals surface area contributed by atoms with Crippen molar-refractivity contribution in [2.24, 2.45) is 0 Å². The van der Waals surface area contributed by atoms with Crippen LogP contribution in [0.15, 0.2) is 24.3 Å². The molecule has 0 aliphatic rings. The van der Waals surface area contributed by atoms with Crippen LogP contribution in [0, 0.1) is 12.7 Å². The maximum atomic E-state index is 12.6. The lowest BCUT2D eigenvalue weighted by atomic mass is 10.3. The van der Waals surface area contributed by atoms with Crippen LogP contribution in [0.2, 0.25) is 0 Å². The van der Waals surface area contributed by atoms with Crippen molar-refractivity contribution in [3.63, 3.8) is 0 Å². The van der Waals surface area contributed by atoms with E-state index in [1.807, 2.05) is 0 Å². The zero-order chi connectivity index (χ0) is 11.5. The number of carbonyl (C=O) groups is 1. The van der Waals surface area contributed by atoms with Gasteiger partial charge in [-0.1, -0.05) is 11.3 Å². The number of benzene rings is 1. The van der Waals surface area contributed by atoms with Gasteiger partial charge in [-0.05, 0) is 31.2 Å². The van der Waals surface area contributed by atoms with E-state index in [1.54, 1.807) is 6.92 Å². The highest BCUT2D eigenvalue weighted by Gasteiger charge is 2.08. The molecule has 0 fully saturated rings. The van der Waals surface area contributed by atoms with Gasteiger partial charge in [0, 0.05) is 0 Å². The minimum absolute atomic E-state index is 0.323. The molecule has 1 heterocycles. The van der Waals surface area contributed by atoms with Gasteiger partial charge in [0.15, 0.2) is 6.29 Å². The van der Waals surface area contributed by atoms with Crippen LogP contribution >= 0.6 is 11.3 Å². The average Bonchev–Trinajstić information content (AvgIpc) is 2.62. The molecule has 0 bridgehead atoms. The lowest BCUT2D eigenvalue weighted by molar-refractivity contribution is 0.112. The first-order valence-electron chi connectivity index (χ1n) is 4.55. The van der Waals surface area contributed by atoms with Crippen LogP contribution in [0.1, 0.15) is 15.4 Å². The number of thiazole rings is 1. The average molecular weight is 237 g/mol. The van der Waals surface area contributed by atoms with Gasteiger partial charge in [0.1, 0.15) is 11.6 Å². The van der Waals surface area contributed by atoms with E-state index in [9.17, 15) is 9.18 Å². The first-order valence-corrected chi connectivity index (χ1v) is 5.36. The molecule has 0 radical (unpaired) electrons. The third-order valence-electron chi connectivity index (χ3n) is 1.94. The molecule has 0 spiro atoms. The van der Waals surface area contributed by atoms with Crippen molar-refractivity contribution >= 4 is 17.6 Å². The minimum atomic E-state index is -0.323. The third kappa shape index (κ3) is 2.25. The van der Waals surface area contributed by atoms with Gasteiger partial charge >= 0.3 is 0 Å². The summed E-state index contributed by atoms with van der Waals surface area (Å²) >= 11 is 1.16. The molecule has 82 valence electrons. The maximum Gasteiger partial charge on any atom is 0.279 e. The largest absolute Gasteiger partial charge is 0.431 e. The predicted molar refractivity (Wildman–Crippen MR) is 58.7 cm³/mol. The van der Waals surface area contributed by atoms with Crippen molar-refractivity contribution < 1.29 is 13.9 Å². The molecule has 3 nitrogen and oxygen atoms in total. The quantitative estimate of drug-likeness (QED) is 0.769. The Labute approximate surface area is 95.5 Å². The second kappa shape index (κ2) is 4.40. The Kier molecular flexibility index (Phi) is 2.96. The second-order valence-corrected chi connectivity index (χ2v) is 4.10. The number of hydrogen-bond donors (Lipinski definition) is 0. The highest BCUT2D eigenvalue weighted by molar-refractivity contribution is 7.15. The van der Waals surface area contributed by atoms with Crippen molar-refractivity contribution in [1.82, 2.24) is 4.98 Å². The molecule has 0 saturated heterocycles. The number of aromatic nitrogens is 1. The normalized spacial score (nSPS) is 10.1. The molecule has 0 aliphatic carbocycles. The van der Waals surface area contributed by atoms with Crippen molar-refractivity contribution in [2.75, 3.05) is 0 Å². The Bertz CT molecular complexity index is 507. The van der Waals surface area contributed by atoms with Gasteiger partial charge in [-0.25, -0.2) is 9.37 Å². The van der Waals surface area contributed by atoms with Gasteiger partial charge in [0.2, 0.25) is 0 Å². The van der Waals surface area contributed by atoms with Gasteiger partial charge in [-0.2, -0.15) is 0 Å². The Balaban J connectivity index is 2.20.